The van der Waals surface area contributed by atoms with Gasteiger partial charge in [-0.3, -0.25) is 0 Å². The molecule has 0 bridgehead atoms. The van der Waals surface area contributed by atoms with Gasteiger partial charge in [-0.15, -0.1) is 11.8 Å². The maximum Gasteiger partial charge on any atom is 0.338 e. The molecule has 0 aromatic heterocycles. The third-order valence-electron chi connectivity index (χ3n) is 6.87. The molecule has 3 aromatic carbocycles. The molecular formula is C31H39N3O5SSi. The SMILES string of the molecule is CS[C@H](OC(COC(=O)c1ccccc1)[C@@H](C)O)[C@@H](CO[Si](c1ccccc1)(c1ccccc1)C(C)(C)C)N=[N+]=[N-]. The Hall–Kier alpha value is -3.11. The Labute approximate surface area is 247 Å². The highest BCUT2D eigenvalue weighted by atomic mass is 32.2. The van der Waals surface area contributed by atoms with Crippen LogP contribution in [0.25, 0.3) is 10.4 Å². The molecule has 0 spiro atoms. The van der Waals surface area contributed by atoms with Gasteiger partial charge in [0.25, 0.3) is 8.32 Å². The molecule has 0 aliphatic heterocycles. The average Bonchev–Trinajstić information content (AvgIpc) is 2.97. The second kappa shape index (κ2) is 15.2. The van der Waals surface area contributed by atoms with E-state index >= 15 is 0 Å². The largest absolute Gasteiger partial charge is 0.459 e. The minimum atomic E-state index is -2.90. The minimum Gasteiger partial charge on any atom is -0.459 e. The molecule has 0 radical (unpaired) electrons. The fourth-order valence-electron chi connectivity index (χ4n) is 4.79. The molecule has 0 aliphatic rings. The number of benzene rings is 3. The zero-order valence-electron chi connectivity index (χ0n) is 24.2. The van der Waals surface area contributed by atoms with Gasteiger partial charge >= 0.3 is 5.97 Å². The molecule has 0 aliphatic carbocycles. The van der Waals surface area contributed by atoms with Gasteiger partial charge in [-0.2, -0.15) is 0 Å². The molecule has 0 saturated carbocycles. The van der Waals surface area contributed by atoms with Crippen molar-refractivity contribution in [1.29, 1.82) is 0 Å². The summed E-state index contributed by atoms with van der Waals surface area (Å²) in [4.78, 5) is 15.6. The highest BCUT2D eigenvalue weighted by Crippen LogP contribution is 2.37. The van der Waals surface area contributed by atoms with Crippen molar-refractivity contribution >= 4 is 36.4 Å². The van der Waals surface area contributed by atoms with Crippen LogP contribution < -0.4 is 10.4 Å². The highest BCUT2D eigenvalue weighted by Gasteiger charge is 2.50. The molecule has 0 fully saturated rings. The Bertz CT molecular complexity index is 1230. The van der Waals surface area contributed by atoms with Gasteiger partial charge in [0.05, 0.1) is 17.7 Å². The van der Waals surface area contributed by atoms with Crippen molar-refractivity contribution < 1.29 is 23.8 Å². The normalized spacial score (nSPS) is 14.8. The zero-order valence-corrected chi connectivity index (χ0v) is 26.0. The predicted octanol–water partition coefficient (Wildman–Crippen LogP) is 5.55. The van der Waals surface area contributed by atoms with Crippen molar-refractivity contribution in [3.05, 3.63) is 107 Å². The molecule has 0 saturated heterocycles. The number of hydrogen-bond acceptors (Lipinski definition) is 7. The van der Waals surface area contributed by atoms with Crippen LogP contribution >= 0.6 is 11.8 Å². The molecule has 41 heavy (non-hydrogen) atoms. The van der Waals surface area contributed by atoms with Crippen molar-refractivity contribution in [1.82, 2.24) is 0 Å². The van der Waals surface area contributed by atoms with E-state index in [9.17, 15) is 15.4 Å². The van der Waals surface area contributed by atoms with E-state index in [1.807, 2.05) is 48.7 Å². The first-order valence-electron chi connectivity index (χ1n) is 13.5. The summed E-state index contributed by atoms with van der Waals surface area (Å²) in [5.41, 5.74) is 9.22. The van der Waals surface area contributed by atoms with Crippen molar-refractivity contribution in [3.8, 4) is 0 Å². The Morgan fingerprint density at radius 2 is 1.46 bits per heavy atom. The van der Waals surface area contributed by atoms with Gasteiger partial charge in [0.2, 0.25) is 0 Å². The van der Waals surface area contributed by atoms with Crippen LogP contribution in [0.1, 0.15) is 38.1 Å². The quantitative estimate of drug-likeness (QED) is 0.0654. The summed E-state index contributed by atoms with van der Waals surface area (Å²) >= 11 is 1.34. The van der Waals surface area contributed by atoms with Crippen LogP contribution in [0, 0.1) is 0 Å². The number of rotatable bonds is 14. The molecule has 4 atom stereocenters. The van der Waals surface area contributed by atoms with Gasteiger partial charge in [-0.25, -0.2) is 4.79 Å². The predicted molar refractivity (Wildman–Crippen MR) is 167 cm³/mol. The van der Waals surface area contributed by atoms with E-state index in [0.29, 0.717) is 5.56 Å². The van der Waals surface area contributed by atoms with Gasteiger partial charge in [0.1, 0.15) is 18.1 Å². The van der Waals surface area contributed by atoms with E-state index in [2.05, 4.69) is 55.1 Å². The lowest BCUT2D eigenvalue weighted by Gasteiger charge is -2.44. The molecule has 218 valence electrons. The standard InChI is InChI=1S/C31H39N3O5SSi/c1-23(35)28(22-37-29(36)24-15-9-6-10-16-24)39-30(40-5)27(33-34-32)21-38-41(31(2,3)4,25-17-11-7-12-18-25)26-19-13-8-14-20-26/h6-20,23,27-28,30,35H,21-22H2,1-5H3/t23-,27-,28?,30+/m1/s1. The number of ether oxygens (including phenoxy) is 2. The molecule has 0 heterocycles. The summed E-state index contributed by atoms with van der Waals surface area (Å²) < 4.78 is 18.7. The molecular weight excluding hydrogens is 555 g/mol. The first-order valence-corrected chi connectivity index (χ1v) is 16.7. The van der Waals surface area contributed by atoms with E-state index < -0.39 is 38.0 Å². The molecule has 3 aromatic rings. The fraction of sp³-hybridized carbons (Fsp3) is 0.387. The van der Waals surface area contributed by atoms with Gasteiger partial charge < -0.3 is 19.0 Å². The molecule has 10 heteroatoms. The van der Waals surface area contributed by atoms with Crippen LogP contribution in [0.3, 0.4) is 0 Å². The number of aliphatic hydroxyl groups is 1. The topological polar surface area (TPSA) is 114 Å². The summed E-state index contributed by atoms with van der Waals surface area (Å²) in [6, 6.07) is 28.3. The number of hydrogen-bond donors (Lipinski definition) is 1. The first-order chi connectivity index (χ1) is 19.6. The second-order valence-corrected chi connectivity index (χ2v) is 16.0. The Balaban J connectivity index is 1.87. The lowest BCUT2D eigenvalue weighted by atomic mass is 10.2. The van der Waals surface area contributed by atoms with Crippen molar-refractivity contribution in [2.45, 2.75) is 56.4 Å². The average molecular weight is 594 g/mol. The lowest BCUT2D eigenvalue weighted by molar-refractivity contribution is -0.0782. The summed E-state index contributed by atoms with van der Waals surface area (Å²) in [5, 5.41) is 16.5. The number of carbonyl (C=O) groups is 1. The van der Waals surface area contributed by atoms with E-state index in [1.54, 1.807) is 31.2 Å². The number of carbonyl (C=O) groups excluding carboxylic acids is 1. The van der Waals surface area contributed by atoms with Crippen LogP contribution in [0.4, 0.5) is 0 Å². The fourth-order valence-corrected chi connectivity index (χ4v) is 10.1. The van der Waals surface area contributed by atoms with E-state index in [-0.39, 0.29) is 18.3 Å². The molecule has 0 amide bonds. The highest BCUT2D eigenvalue weighted by molar-refractivity contribution is 7.99. The van der Waals surface area contributed by atoms with Crippen LogP contribution in [0.15, 0.2) is 96.1 Å². The van der Waals surface area contributed by atoms with E-state index in [0.717, 1.165) is 10.4 Å². The number of nitrogens with zero attached hydrogens (tertiary/aromatic N) is 3. The van der Waals surface area contributed by atoms with Crippen LogP contribution in [-0.4, -0.2) is 62.5 Å². The minimum absolute atomic E-state index is 0.0964. The number of azide groups is 1. The van der Waals surface area contributed by atoms with Crippen molar-refractivity contribution in [2.75, 3.05) is 19.5 Å². The molecule has 1 unspecified atom stereocenters. The molecule has 3 rings (SSSR count). The molecule has 1 N–H and O–H groups in total. The van der Waals surface area contributed by atoms with Crippen LogP contribution in [0.5, 0.6) is 0 Å². The Morgan fingerprint density at radius 3 is 1.90 bits per heavy atom. The van der Waals surface area contributed by atoms with Crippen molar-refractivity contribution in [2.24, 2.45) is 5.11 Å². The summed E-state index contributed by atoms with van der Waals surface area (Å²) in [6.07, 6.45) is 0.0459. The summed E-state index contributed by atoms with van der Waals surface area (Å²) in [5.74, 6) is -0.512. The lowest BCUT2D eigenvalue weighted by Crippen LogP contribution is -2.67. The first kappa shape index (κ1) is 32.4. The third kappa shape index (κ3) is 8.22. The zero-order chi connectivity index (χ0) is 29.9. The van der Waals surface area contributed by atoms with Gasteiger partial charge in [-0.05, 0) is 46.3 Å². The third-order valence-corrected chi connectivity index (χ3v) is 12.8. The maximum atomic E-state index is 12.5. The number of aliphatic hydroxyl groups excluding tert-OH is 1. The van der Waals surface area contributed by atoms with E-state index in [4.69, 9.17) is 13.9 Å². The van der Waals surface area contributed by atoms with Crippen molar-refractivity contribution in [3.63, 3.8) is 0 Å². The number of thioether (sulfide) groups is 1. The summed E-state index contributed by atoms with van der Waals surface area (Å²) in [7, 11) is -2.90. The monoisotopic (exact) mass is 593 g/mol. The Morgan fingerprint density at radius 1 is 0.951 bits per heavy atom. The molecule has 8 nitrogen and oxygen atoms in total. The van der Waals surface area contributed by atoms with Gasteiger partial charge in [0, 0.05) is 11.5 Å². The van der Waals surface area contributed by atoms with Crippen LogP contribution in [0.2, 0.25) is 5.04 Å². The van der Waals surface area contributed by atoms with Crippen LogP contribution in [-0.2, 0) is 13.9 Å². The number of esters is 1. The van der Waals surface area contributed by atoms with Gasteiger partial charge in [0.15, 0.2) is 0 Å². The Kier molecular flexibility index (Phi) is 12.0. The maximum absolute atomic E-state index is 12.5. The van der Waals surface area contributed by atoms with Gasteiger partial charge in [-0.1, -0.05) is 105 Å². The van der Waals surface area contributed by atoms with E-state index in [1.165, 1.54) is 11.8 Å². The smallest absolute Gasteiger partial charge is 0.338 e. The summed E-state index contributed by atoms with van der Waals surface area (Å²) in [6.45, 7) is 8.03. The second-order valence-electron chi connectivity index (χ2n) is 10.7.